The third-order valence-corrected chi connectivity index (χ3v) is 2.67. The first-order chi connectivity index (χ1) is 9.38. The van der Waals surface area contributed by atoms with Crippen LogP contribution in [0.25, 0.3) is 11.1 Å². The Morgan fingerprint density at radius 2 is 1.75 bits per heavy atom. The Hall–Kier alpha value is -2.50. The van der Waals surface area contributed by atoms with Crippen molar-refractivity contribution in [3.63, 3.8) is 0 Å². The molecule has 0 saturated heterocycles. The summed E-state index contributed by atoms with van der Waals surface area (Å²) in [7, 11) is 0. The molecule has 0 saturated carbocycles. The second-order valence-corrected chi connectivity index (χ2v) is 4.05. The lowest BCUT2D eigenvalue weighted by molar-refractivity contribution is -0.137. The number of anilines is 1. The fraction of sp³-hybridized carbons (Fsp3) is 0.0714. The van der Waals surface area contributed by atoms with Crippen molar-refractivity contribution >= 4 is 11.8 Å². The Balaban J connectivity index is 2.49. The molecule has 0 aliphatic carbocycles. The third-order valence-electron chi connectivity index (χ3n) is 2.67. The lowest BCUT2D eigenvalue weighted by Crippen LogP contribution is -2.08. The number of amides is 1. The molecule has 0 unspecified atom stereocenters. The molecule has 2 aromatic carbocycles. The number of hydrogen-bond donors (Lipinski definition) is 2. The largest absolute Gasteiger partial charge is 0.465 e. The molecule has 0 bridgehead atoms. The number of rotatable bonds is 2. The van der Waals surface area contributed by atoms with E-state index in [-0.39, 0.29) is 5.69 Å². The van der Waals surface area contributed by atoms with E-state index < -0.39 is 17.8 Å². The van der Waals surface area contributed by atoms with Crippen molar-refractivity contribution in [1.82, 2.24) is 0 Å². The molecular weight excluding hydrogens is 271 g/mol. The van der Waals surface area contributed by atoms with Crippen molar-refractivity contribution in [2.75, 3.05) is 5.32 Å². The molecule has 0 radical (unpaired) electrons. The Kier molecular flexibility index (Phi) is 3.65. The van der Waals surface area contributed by atoms with Gasteiger partial charge in [-0.15, -0.1) is 0 Å². The van der Waals surface area contributed by atoms with Crippen LogP contribution in [0.2, 0.25) is 0 Å². The maximum atomic E-state index is 12.7. The van der Waals surface area contributed by atoms with Crippen molar-refractivity contribution in [2.24, 2.45) is 0 Å². The van der Waals surface area contributed by atoms with E-state index in [9.17, 15) is 18.0 Å². The monoisotopic (exact) mass is 281 g/mol. The lowest BCUT2D eigenvalue weighted by Gasteiger charge is -2.12. The summed E-state index contributed by atoms with van der Waals surface area (Å²) < 4.78 is 38.1. The molecule has 0 heterocycles. The van der Waals surface area contributed by atoms with Crippen LogP contribution in [-0.4, -0.2) is 11.2 Å². The second kappa shape index (κ2) is 5.24. The minimum atomic E-state index is -4.44. The summed E-state index contributed by atoms with van der Waals surface area (Å²) in [4.78, 5) is 10.7. The third kappa shape index (κ3) is 3.09. The van der Waals surface area contributed by atoms with E-state index in [1.54, 1.807) is 18.2 Å². The van der Waals surface area contributed by atoms with Gasteiger partial charge in [-0.1, -0.05) is 30.3 Å². The molecule has 0 aromatic heterocycles. The Morgan fingerprint density at radius 3 is 2.40 bits per heavy atom. The quantitative estimate of drug-likeness (QED) is 0.853. The van der Waals surface area contributed by atoms with Crippen LogP contribution >= 0.6 is 0 Å². The molecule has 0 aliphatic rings. The molecule has 2 aromatic rings. The summed E-state index contributed by atoms with van der Waals surface area (Å²) in [6.07, 6.45) is -5.71. The molecule has 0 spiro atoms. The number of hydrogen-bond acceptors (Lipinski definition) is 1. The van der Waals surface area contributed by atoms with Gasteiger partial charge in [-0.25, -0.2) is 4.79 Å². The molecule has 0 aliphatic heterocycles. The maximum absolute atomic E-state index is 12.7. The molecule has 20 heavy (non-hydrogen) atoms. The van der Waals surface area contributed by atoms with Crippen molar-refractivity contribution in [3.05, 3.63) is 54.1 Å². The SMILES string of the molecule is O=C(O)Nc1ccccc1-c1cccc(C(F)(F)F)c1. The predicted octanol–water partition coefficient (Wildman–Crippen LogP) is 4.46. The first-order valence-electron chi connectivity index (χ1n) is 5.64. The van der Waals surface area contributed by atoms with Crippen LogP contribution in [0, 0.1) is 0 Å². The van der Waals surface area contributed by atoms with Crippen LogP contribution in [0.15, 0.2) is 48.5 Å². The average molecular weight is 281 g/mol. The van der Waals surface area contributed by atoms with Crippen molar-refractivity contribution in [2.45, 2.75) is 6.18 Å². The molecule has 0 atom stereocenters. The number of halogens is 3. The fourth-order valence-corrected chi connectivity index (χ4v) is 1.82. The zero-order valence-corrected chi connectivity index (χ0v) is 10.1. The van der Waals surface area contributed by atoms with Crippen molar-refractivity contribution in [1.29, 1.82) is 0 Å². The van der Waals surface area contributed by atoms with Gasteiger partial charge >= 0.3 is 12.3 Å². The number of carbonyl (C=O) groups is 1. The first-order valence-corrected chi connectivity index (χ1v) is 5.64. The standard InChI is InChI=1S/C14H10F3NO2/c15-14(16,17)10-5-3-4-9(8-10)11-6-1-2-7-12(11)18-13(19)20/h1-8,18H,(H,19,20). The number of para-hydroxylation sites is 1. The minimum Gasteiger partial charge on any atom is -0.465 e. The maximum Gasteiger partial charge on any atom is 0.416 e. The molecular formula is C14H10F3NO2. The summed E-state index contributed by atoms with van der Waals surface area (Å²) >= 11 is 0. The molecule has 1 amide bonds. The summed E-state index contributed by atoms with van der Waals surface area (Å²) in [5.41, 5.74) is 0.143. The van der Waals surface area contributed by atoms with Crippen LogP contribution < -0.4 is 5.32 Å². The zero-order valence-electron chi connectivity index (χ0n) is 10.1. The summed E-state index contributed by atoms with van der Waals surface area (Å²) in [6, 6.07) is 11.0. The number of carboxylic acid groups (broad SMARTS) is 1. The lowest BCUT2D eigenvalue weighted by atomic mass is 10.0. The molecule has 3 nitrogen and oxygen atoms in total. The number of benzene rings is 2. The van der Waals surface area contributed by atoms with Gasteiger partial charge in [0.25, 0.3) is 0 Å². The van der Waals surface area contributed by atoms with Gasteiger partial charge < -0.3 is 5.11 Å². The molecule has 104 valence electrons. The molecule has 0 fully saturated rings. The number of nitrogens with one attached hydrogen (secondary N) is 1. The summed E-state index contributed by atoms with van der Waals surface area (Å²) in [5, 5.41) is 10.9. The Morgan fingerprint density at radius 1 is 1.05 bits per heavy atom. The highest BCUT2D eigenvalue weighted by molar-refractivity contribution is 5.90. The van der Waals surface area contributed by atoms with Gasteiger partial charge in [0.1, 0.15) is 0 Å². The summed E-state index contributed by atoms with van der Waals surface area (Å²) in [5.74, 6) is 0. The highest BCUT2D eigenvalue weighted by Crippen LogP contribution is 2.34. The van der Waals surface area contributed by atoms with Crippen LogP contribution in [0.4, 0.5) is 23.7 Å². The first kappa shape index (κ1) is 13.9. The van der Waals surface area contributed by atoms with Crippen molar-refractivity contribution in [3.8, 4) is 11.1 Å². The highest BCUT2D eigenvalue weighted by atomic mass is 19.4. The van der Waals surface area contributed by atoms with E-state index in [2.05, 4.69) is 5.32 Å². The van der Waals surface area contributed by atoms with Crippen LogP contribution in [0.3, 0.4) is 0 Å². The molecule has 2 rings (SSSR count). The van der Waals surface area contributed by atoms with Crippen LogP contribution in [0.5, 0.6) is 0 Å². The van der Waals surface area contributed by atoms with Gasteiger partial charge in [0.05, 0.1) is 11.3 Å². The normalized spacial score (nSPS) is 11.2. The predicted molar refractivity (Wildman–Crippen MR) is 68.5 cm³/mol. The average Bonchev–Trinajstić information content (AvgIpc) is 2.38. The van der Waals surface area contributed by atoms with Gasteiger partial charge in [0.15, 0.2) is 0 Å². The number of alkyl halides is 3. The Labute approximate surface area is 112 Å². The van der Waals surface area contributed by atoms with Gasteiger partial charge in [0, 0.05) is 5.56 Å². The zero-order chi connectivity index (χ0) is 14.8. The van der Waals surface area contributed by atoms with Crippen molar-refractivity contribution < 1.29 is 23.1 Å². The van der Waals surface area contributed by atoms with E-state index in [0.29, 0.717) is 11.1 Å². The van der Waals surface area contributed by atoms with E-state index in [1.807, 2.05) is 0 Å². The van der Waals surface area contributed by atoms with Gasteiger partial charge in [-0.2, -0.15) is 13.2 Å². The molecule has 2 N–H and O–H groups in total. The fourth-order valence-electron chi connectivity index (χ4n) is 1.82. The smallest absolute Gasteiger partial charge is 0.416 e. The summed E-state index contributed by atoms with van der Waals surface area (Å²) in [6.45, 7) is 0. The highest BCUT2D eigenvalue weighted by Gasteiger charge is 2.30. The minimum absolute atomic E-state index is 0.235. The van der Waals surface area contributed by atoms with E-state index in [0.717, 1.165) is 12.1 Å². The van der Waals surface area contributed by atoms with Gasteiger partial charge in [0.2, 0.25) is 0 Å². The van der Waals surface area contributed by atoms with Crippen LogP contribution in [0.1, 0.15) is 5.56 Å². The molecule has 6 heteroatoms. The Bertz CT molecular complexity index is 638. The van der Waals surface area contributed by atoms with E-state index in [1.165, 1.54) is 18.2 Å². The van der Waals surface area contributed by atoms with Crippen LogP contribution in [-0.2, 0) is 6.18 Å². The van der Waals surface area contributed by atoms with E-state index in [4.69, 9.17) is 5.11 Å². The second-order valence-electron chi connectivity index (χ2n) is 4.05. The van der Waals surface area contributed by atoms with Gasteiger partial charge in [-0.3, -0.25) is 5.32 Å². The van der Waals surface area contributed by atoms with Gasteiger partial charge in [-0.05, 0) is 23.8 Å². The van der Waals surface area contributed by atoms with E-state index >= 15 is 0 Å². The topological polar surface area (TPSA) is 49.3 Å².